The summed E-state index contributed by atoms with van der Waals surface area (Å²) in [7, 11) is 0. The standard InChI is InChI=1S/C47H91NO5/c1-3-5-7-9-11-13-15-16-17-20-23-27-31-35-39-45(50)44(43-49)48-46(51)40-36-32-28-24-21-18-22-26-30-34-38-42-53-47(52)41-37-33-29-25-19-14-12-10-8-6-4-2/h10,12,44-45,49-50H,3-9,11,13-43H2,1-2H3,(H,48,51)/b12-10-. The summed E-state index contributed by atoms with van der Waals surface area (Å²) in [5, 5.41) is 23.2. The molecule has 2 unspecified atom stereocenters. The maximum Gasteiger partial charge on any atom is 0.305 e. The lowest BCUT2D eigenvalue weighted by atomic mass is 10.0. The first-order valence-electron chi connectivity index (χ1n) is 23.4. The smallest absolute Gasteiger partial charge is 0.305 e. The molecule has 6 nitrogen and oxygen atoms in total. The number of amides is 1. The van der Waals surface area contributed by atoms with Crippen molar-refractivity contribution in [2.75, 3.05) is 13.2 Å². The molecule has 0 aromatic rings. The van der Waals surface area contributed by atoms with E-state index in [0.717, 1.165) is 57.8 Å². The number of ether oxygens (including phenoxy) is 1. The van der Waals surface area contributed by atoms with E-state index < -0.39 is 12.1 Å². The van der Waals surface area contributed by atoms with E-state index in [1.54, 1.807) is 0 Å². The number of unbranched alkanes of at least 4 members (excludes halogenated alkanes) is 30. The summed E-state index contributed by atoms with van der Waals surface area (Å²) in [6, 6.07) is -0.554. The molecule has 0 heterocycles. The van der Waals surface area contributed by atoms with Gasteiger partial charge in [-0.05, 0) is 44.9 Å². The number of rotatable bonds is 43. The first-order chi connectivity index (χ1) is 26.0. The number of hydrogen-bond acceptors (Lipinski definition) is 5. The first-order valence-corrected chi connectivity index (χ1v) is 23.4. The average molecular weight is 750 g/mol. The molecule has 0 aliphatic heterocycles. The van der Waals surface area contributed by atoms with Gasteiger partial charge in [-0.15, -0.1) is 0 Å². The minimum Gasteiger partial charge on any atom is -0.466 e. The van der Waals surface area contributed by atoms with E-state index in [2.05, 4.69) is 31.3 Å². The molecule has 2 atom stereocenters. The van der Waals surface area contributed by atoms with Crippen LogP contribution < -0.4 is 5.32 Å². The number of carbonyl (C=O) groups excluding carboxylic acids is 2. The molecule has 53 heavy (non-hydrogen) atoms. The third-order valence-corrected chi connectivity index (χ3v) is 10.8. The zero-order chi connectivity index (χ0) is 38.7. The molecule has 0 rings (SSSR count). The van der Waals surface area contributed by atoms with Crippen molar-refractivity contribution in [3.8, 4) is 0 Å². The van der Waals surface area contributed by atoms with Crippen molar-refractivity contribution in [2.45, 2.75) is 264 Å². The summed E-state index contributed by atoms with van der Waals surface area (Å²) in [6.45, 7) is 4.86. The highest BCUT2D eigenvalue weighted by molar-refractivity contribution is 5.76. The van der Waals surface area contributed by atoms with Gasteiger partial charge < -0.3 is 20.3 Å². The van der Waals surface area contributed by atoms with Gasteiger partial charge in [0.1, 0.15) is 0 Å². The van der Waals surface area contributed by atoms with E-state index in [0.29, 0.717) is 25.9 Å². The third kappa shape index (κ3) is 40.1. The van der Waals surface area contributed by atoms with E-state index in [1.807, 2.05) is 0 Å². The first kappa shape index (κ1) is 51.6. The number of aliphatic hydroxyl groups is 2. The molecule has 314 valence electrons. The van der Waals surface area contributed by atoms with Crippen molar-refractivity contribution in [2.24, 2.45) is 0 Å². The normalized spacial score (nSPS) is 12.8. The van der Waals surface area contributed by atoms with Gasteiger partial charge in [0.25, 0.3) is 0 Å². The van der Waals surface area contributed by atoms with Crippen LogP contribution in [0, 0.1) is 0 Å². The molecule has 6 heteroatoms. The van der Waals surface area contributed by atoms with Gasteiger partial charge in [0, 0.05) is 12.8 Å². The van der Waals surface area contributed by atoms with Gasteiger partial charge in [-0.1, -0.05) is 206 Å². The summed E-state index contributed by atoms with van der Waals surface area (Å²) in [4.78, 5) is 24.4. The van der Waals surface area contributed by atoms with Crippen LogP contribution >= 0.6 is 0 Å². The quantitative estimate of drug-likeness (QED) is 0.0328. The summed E-state index contributed by atoms with van der Waals surface area (Å²) in [5.41, 5.74) is 0. The third-order valence-electron chi connectivity index (χ3n) is 10.8. The predicted molar refractivity (Wildman–Crippen MR) is 227 cm³/mol. The number of nitrogens with one attached hydrogen (secondary N) is 1. The van der Waals surface area contributed by atoms with E-state index in [-0.39, 0.29) is 18.5 Å². The molecule has 0 aliphatic carbocycles. The lowest BCUT2D eigenvalue weighted by Crippen LogP contribution is -2.45. The van der Waals surface area contributed by atoms with Crippen molar-refractivity contribution >= 4 is 11.9 Å². The second-order valence-corrected chi connectivity index (χ2v) is 16.1. The molecule has 1 amide bonds. The van der Waals surface area contributed by atoms with Crippen LogP contribution in [0.25, 0.3) is 0 Å². The molecule has 0 saturated carbocycles. The molecule has 0 fully saturated rings. The van der Waals surface area contributed by atoms with Crippen LogP contribution in [0.1, 0.15) is 251 Å². The largest absolute Gasteiger partial charge is 0.466 e. The average Bonchev–Trinajstić information content (AvgIpc) is 3.16. The number of carbonyl (C=O) groups is 2. The van der Waals surface area contributed by atoms with Crippen molar-refractivity contribution in [3.05, 3.63) is 12.2 Å². The summed E-state index contributed by atoms with van der Waals surface area (Å²) in [6.07, 6.45) is 47.3. The number of hydrogen-bond donors (Lipinski definition) is 3. The Labute approximate surface area is 329 Å². The lowest BCUT2D eigenvalue weighted by Gasteiger charge is -2.22. The zero-order valence-electron chi connectivity index (χ0n) is 35.5. The van der Waals surface area contributed by atoms with Crippen LogP contribution in [0.2, 0.25) is 0 Å². The highest BCUT2D eigenvalue weighted by Crippen LogP contribution is 2.16. The van der Waals surface area contributed by atoms with Crippen LogP contribution in [0.5, 0.6) is 0 Å². The van der Waals surface area contributed by atoms with Crippen LogP contribution in [-0.4, -0.2) is 47.4 Å². The molecular weight excluding hydrogens is 659 g/mol. The maximum atomic E-state index is 12.4. The van der Waals surface area contributed by atoms with Gasteiger partial charge in [-0.25, -0.2) is 0 Å². The molecule has 0 bridgehead atoms. The Morgan fingerprint density at radius 2 is 0.906 bits per heavy atom. The fourth-order valence-corrected chi connectivity index (χ4v) is 7.15. The summed E-state index contributed by atoms with van der Waals surface area (Å²) < 4.78 is 5.43. The minimum atomic E-state index is -0.675. The Morgan fingerprint density at radius 1 is 0.509 bits per heavy atom. The van der Waals surface area contributed by atoms with Gasteiger partial charge in [-0.3, -0.25) is 9.59 Å². The molecule has 0 spiro atoms. The minimum absolute atomic E-state index is 0.0248. The molecule has 3 N–H and O–H groups in total. The van der Waals surface area contributed by atoms with Gasteiger partial charge in [0.15, 0.2) is 0 Å². The lowest BCUT2D eigenvalue weighted by molar-refractivity contribution is -0.143. The van der Waals surface area contributed by atoms with Crippen LogP contribution in [0.4, 0.5) is 0 Å². The van der Waals surface area contributed by atoms with Crippen molar-refractivity contribution in [1.82, 2.24) is 5.32 Å². The fourth-order valence-electron chi connectivity index (χ4n) is 7.15. The van der Waals surface area contributed by atoms with Gasteiger partial charge >= 0.3 is 5.97 Å². The Bertz CT molecular complexity index is 787. The summed E-state index contributed by atoms with van der Waals surface area (Å²) in [5.74, 6) is -0.0791. The Hall–Kier alpha value is -1.40. The predicted octanol–water partition coefficient (Wildman–Crippen LogP) is 13.4. The molecule has 0 aliphatic rings. The van der Waals surface area contributed by atoms with Gasteiger partial charge in [0.05, 0.1) is 25.4 Å². The highest BCUT2D eigenvalue weighted by Gasteiger charge is 2.20. The van der Waals surface area contributed by atoms with E-state index in [1.165, 1.54) is 161 Å². The second-order valence-electron chi connectivity index (χ2n) is 16.1. The van der Waals surface area contributed by atoms with E-state index in [9.17, 15) is 19.8 Å². The Balaban J connectivity index is 3.49. The van der Waals surface area contributed by atoms with Crippen molar-refractivity contribution in [3.63, 3.8) is 0 Å². The van der Waals surface area contributed by atoms with Gasteiger partial charge in [0.2, 0.25) is 5.91 Å². The van der Waals surface area contributed by atoms with Crippen LogP contribution in [0.3, 0.4) is 0 Å². The number of esters is 1. The zero-order valence-corrected chi connectivity index (χ0v) is 35.5. The molecule has 0 saturated heterocycles. The molecule has 0 radical (unpaired) electrons. The SMILES string of the molecule is CCCC/C=C\CCCCCCCC(=O)OCCCCCCCCCCCCCC(=O)NC(CO)C(O)CCCCCCCCCCCCCCCC. The van der Waals surface area contributed by atoms with E-state index in [4.69, 9.17) is 4.74 Å². The Kier molecular flexibility index (Phi) is 42.2. The summed E-state index contributed by atoms with van der Waals surface area (Å²) >= 11 is 0. The highest BCUT2D eigenvalue weighted by atomic mass is 16.5. The van der Waals surface area contributed by atoms with E-state index >= 15 is 0 Å². The van der Waals surface area contributed by atoms with Crippen molar-refractivity contribution in [1.29, 1.82) is 0 Å². The monoisotopic (exact) mass is 750 g/mol. The number of allylic oxidation sites excluding steroid dienone is 2. The van der Waals surface area contributed by atoms with Crippen LogP contribution in [-0.2, 0) is 14.3 Å². The topological polar surface area (TPSA) is 95.9 Å². The van der Waals surface area contributed by atoms with Gasteiger partial charge in [-0.2, -0.15) is 0 Å². The second kappa shape index (κ2) is 43.3. The van der Waals surface area contributed by atoms with Crippen molar-refractivity contribution < 1.29 is 24.5 Å². The molecular formula is C47H91NO5. The number of aliphatic hydroxyl groups excluding tert-OH is 2. The fraction of sp³-hybridized carbons (Fsp3) is 0.915. The maximum absolute atomic E-state index is 12.4. The van der Waals surface area contributed by atoms with Crippen LogP contribution in [0.15, 0.2) is 12.2 Å². The molecule has 0 aromatic carbocycles. The molecule has 0 aromatic heterocycles. The Morgan fingerprint density at radius 3 is 1.40 bits per heavy atom.